The van der Waals surface area contributed by atoms with Gasteiger partial charge in [-0.25, -0.2) is 18.5 Å². The number of aromatic nitrogens is 1. The minimum absolute atomic E-state index is 0.0608. The molecule has 0 saturated carbocycles. The van der Waals surface area contributed by atoms with E-state index in [1.165, 1.54) is 23.9 Å². The number of benzene rings is 2. The van der Waals surface area contributed by atoms with Gasteiger partial charge >= 0.3 is 0 Å². The maximum Gasteiger partial charge on any atom is 0.256 e. The van der Waals surface area contributed by atoms with E-state index >= 15 is 0 Å². The van der Waals surface area contributed by atoms with Gasteiger partial charge in [0, 0.05) is 5.75 Å². The lowest BCUT2D eigenvalue weighted by molar-refractivity contribution is 0.343. The van der Waals surface area contributed by atoms with Crippen LogP contribution in [0.3, 0.4) is 0 Å². The van der Waals surface area contributed by atoms with Crippen LogP contribution in [0, 0.1) is 0 Å². The second-order valence-corrected chi connectivity index (χ2v) is 7.27. The Morgan fingerprint density at radius 1 is 1.13 bits per heavy atom. The molecule has 1 aromatic heterocycles. The van der Waals surface area contributed by atoms with Gasteiger partial charge in [-0.3, -0.25) is 0 Å². The molecule has 120 valence electrons. The number of ether oxygens (including phenoxy) is 1. The topological polar surface area (TPSA) is 95.4 Å². The predicted octanol–water partition coefficient (Wildman–Crippen LogP) is 2.65. The standard InChI is InChI=1S/C15H14N2O4S2/c16-23(18,19)12-7-5-11(6-8-12)20-9-10-22-15-17-13-3-1-2-4-14(13)21-15/h1-8H,9-10H2,(H2,16,18,19). The first kappa shape index (κ1) is 15.9. The summed E-state index contributed by atoms with van der Waals surface area (Å²) in [5.74, 6) is 1.24. The van der Waals surface area contributed by atoms with Crippen LogP contribution in [0.5, 0.6) is 5.75 Å². The summed E-state index contributed by atoms with van der Waals surface area (Å²) in [4.78, 5) is 4.42. The van der Waals surface area contributed by atoms with E-state index in [-0.39, 0.29) is 4.90 Å². The highest BCUT2D eigenvalue weighted by Crippen LogP contribution is 2.23. The van der Waals surface area contributed by atoms with Crippen molar-refractivity contribution in [3.63, 3.8) is 0 Å². The van der Waals surface area contributed by atoms with Gasteiger partial charge in [0.05, 0.1) is 11.5 Å². The summed E-state index contributed by atoms with van der Waals surface area (Å²) in [5, 5.41) is 5.63. The second kappa shape index (κ2) is 6.61. The third-order valence-corrected chi connectivity index (χ3v) is 4.73. The van der Waals surface area contributed by atoms with E-state index in [0.717, 1.165) is 11.1 Å². The summed E-state index contributed by atoms with van der Waals surface area (Å²) in [5.41, 5.74) is 1.59. The number of rotatable bonds is 6. The molecule has 6 nitrogen and oxygen atoms in total. The average Bonchev–Trinajstić information content (AvgIpc) is 2.94. The lowest BCUT2D eigenvalue weighted by atomic mass is 10.3. The van der Waals surface area contributed by atoms with E-state index < -0.39 is 10.0 Å². The van der Waals surface area contributed by atoms with Crippen LogP contribution in [-0.2, 0) is 10.0 Å². The minimum atomic E-state index is -3.67. The molecule has 0 fully saturated rings. The first-order valence-corrected chi connectivity index (χ1v) is 9.29. The second-order valence-electron chi connectivity index (χ2n) is 4.66. The van der Waals surface area contributed by atoms with Gasteiger partial charge < -0.3 is 9.15 Å². The van der Waals surface area contributed by atoms with Gasteiger partial charge in [0.25, 0.3) is 5.22 Å². The van der Waals surface area contributed by atoms with Crippen LogP contribution >= 0.6 is 11.8 Å². The van der Waals surface area contributed by atoms with E-state index in [2.05, 4.69) is 4.98 Å². The Kier molecular flexibility index (Phi) is 4.56. The monoisotopic (exact) mass is 350 g/mol. The lowest BCUT2D eigenvalue weighted by Crippen LogP contribution is -2.11. The fraction of sp³-hybridized carbons (Fsp3) is 0.133. The van der Waals surface area contributed by atoms with Crippen LogP contribution in [0.2, 0.25) is 0 Å². The summed E-state index contributed by atoms with van der Waals surface area (Å²) < 4.78 is 33.4. The fourth-order valence-corrected chi connectivity index (χ4v) is 3.10. The largest absolute Gasteiger partial charge is 0.493 e. The molecule has 0 unspecified atom stereocenters. The number of para-hydroxylation sites is 2. The predicted molar refractivity (Wildman–Crippen MR) is 88.0 cm³/mol. The number of primary sulfonamides is 1. The molecule has 3 aromatic rings. The third kappa shape index (κ3) is 4.04. The zero-order valence-corrected chi connectivity index (χ0v) is 13.6. The van der Waals surface area contributed by atoms with Gasteiger partial charge in [-0.15, -0.1) is 0 Å². The number of sulfonamides is 1. The van der Waals surface area contributed by atoms with Crippen molar-refractivity contribution in [3.8, 4) is 5.75 Å². The number of nitrogens with zero attached hydrogens (tertiary/aromatic N) is 1. The van der Waals surface area contributed by atoms with Crippen LogP contribution in [0.25, 0.3) is 11.1 Å². The van der Waals surface area contributed by atoms with Crippen molar-refractivity contribution in [2.45, 2.75) is 10.1 Å². The third-order valence-electron chi connectivity index (χ3n) is 3.00. The van der Waals surface area contributed by atoms with Crippen molar-refractivity contribution in [3.05, 3.63) is 48.5 Å². The Hall–Kier alpha value is -2.03. The van der Waals surface area contributed by atoms with Crippen molar-refractivity contribution < 1.29 is 17.6 Å². The lowest BCUT2D eigenvalue weighted by Gasteiger charge is -2.05. The number of thioether (sulfide) groups is 1. The van der Waals surface area contributed by atoms with E-state index in [9.17, 15) is 8.42 Å². The van der Waals surface area contributed by atoms with Gasteiger partial charge in [-0.2, -0.15) is 0 Å². The van der Waals surface area contributed by atoms with E-state index in [4.69, 9.17) is 14.3 Å². The molecule has 0 atom stereocenters. The molecule has 0 aliphatic rings. The smallest absolute Gasteiger partial charge is 0.256 e. The molecule has 0 aliphatic heterocycles. The van der Waals surface area contributed by atoms with E-state index in [1.54, 1.807) is 12.1 Å². The molecule has 2 aromatic carbocycles. The molecule has 0 bridgehead atoms. The first-order chi connectivity index (χ1) is 11.0. The summed E-state index contributed by atoms with van der Waals surface area (Å²) in [6, 6.07) is 13.6. The molecule has 0 aliphatic carbocycles. The Balaban J connectivity index is 1.51. The average molecular weight is 350 g/mol. The molecule has 23 heavy (non-hydrogen) atoms. The van der Waals surface area contributed by atoms with Gasteiger partial charge in [-0.05, 0) is 36.4 Å². The maximum atomic E-state index is 11.2. The van der Waals surface area contributed by atoms with Crippen molar-refractivity contribution in [2.24, 2.45) is 5.14 Å². The zero-order valence-electron chi connectivity index (χ0n) is 12.0. The summed E-state index contributed by atoms with van der Waals surface area (Å²) in [6.45, 7) is 0.443. The summed E-state index contributed by atoms with van der Waals surface area (Å²) in [6.07, 6.45) is 0. The Labute approximate surface area is 137 Å². The number of oxazole rings is 1. The zero-order chi connectivity index (χ0) is 16.3. The molecule has 0 amide bonds. The highest BCUT2D eigenvalue weighted by molar-refractivity contribution is 7.99. The van der Waals surface area contributed by atoms with Crippen molar-refractivity contribution >= 4 is 32.9 Å². The van der Waals surface area contributed by atoms with Crippen molar-refractivity contribution in [2.75, 3.05) is 12.4 Å². The van der Waals surface area contributed by atoms with Crippen molar-refractivity contribution in [1.29, 1.82) is 0 Å². The van der Waals surface area contributed by atoms with Gasteiger partial charge in [0.2, 0.25) is 10.0 Å². The molecule has 8 heteroatoms. The summed E-state index contributed by atoms with van der Waals surface area (Å²) >= 11 is 1.45. The Morgan fingerprint density at radius 2 is 1.87 bits per heavy atom. The molecule has 1 heterocycles. The van der Waals surface area contributed by atoms with Crippen LogP contribution in [-0.4, -0.2) is 25.8 Å². The van der Waals surface area contributed by atoms with Crippen LogP contribution in [0.4, 0.5) is 0 Å². The van der Waals surface area contributed by atoms with Crippen LogP contribution < -0.4 is 9.88 Å². The van der Waals surface area contributed by atoms with E-state index in [1.807, 2.05) is 24.3 Å². The number of hydrogen-bond acceptors (Lipinski definition) is 6. The molecule has 2 N–H and O–H groups in total. The first-order valence-electron chi connectivity index (χ1n) is 6.76. The quantitative estimate of drug-likeness (QED) is 0.542. The number of fused-ring (bicyclic) bond motifs is 1. The highest BCUT2D eigenvalue weighted by Gasteiger charge is 2.08. The van der Waals surface area contributed by atoms with Crippen LogP contribution in [0.1, 0.15) is 0 Å². The molecule has 0 saturated heterocycles. The molecular weight excluding hydrogens is 336 g/mol. The number of nitrogens with two attached hydrogens (primary N) is 1. The van der Waals surface area contributed by atoms with Crippen molar-refractivity contribution in [1.82, 2.24) is 4.98 Å². The summed E-state index contributed by atoms with van der Waals surface area (Å²) in [7, 11) is -3.67. The minimum Gasteiger partial charge on any atom is -0.493 e. The molecule has 0 radical (unpaired) electrons. The van der Waals surface area contributed by atoms with Gasteiger partial charge in [0.1, 0.15) is 11.3 Å². The molecule has 0 spiro atoms. The van der Waals surface area contributed by atoms with E-state index in [0.29, 0.717) is 23.3 Å². The Bertz CT molecular complexity index is 872. The van der Waals surface area contributed by atoms with Gasteiger partial charge in [-0.1, -0.05) is 23.9 Å². The fourth-order valence-electron chi connectivity index (χ4n) is 1.93. The highest BCUT2D eigenvalue weighted by atomic mass is 32.2. The Morgan fingerprint density at radius 3 is 2.57 bits per heavy atom. The SMILES string of the molecule is NS(=O)(=O)c1ccc(OCCSc2nc3ccccc3o2)cc1. The molecular formula is C15H14N2O4S2. The normalized spacial score (nSPS) is 11.7. The van der Waals surface area contributed by atoms with Crippen LogP contribution in [0.15, 0.2) is 63.1 Å². The van der Waals surface area contributed by atoms with Gasteiger partial charge in [0.15, 0.2) is 5.58 Å². The molecule has 3 rings (SSSR count). The number of hydrogen-bond donors (Lipinski definition) is 1. The maximum absolute atomic E-state index is 11.2.